The van der Waals surface area contributed by atoms with E-state index in [1.165, 1.54) is 0 Å². The molecule has 0 aliphatic rings. The summed E-state index contributed by atoms with van der Waals surface area (Å²) in [5.41, 5.74) is 1.04. The molecule has 78 valence electrons. The van der Waals surface area contributed by atoms with Gasteiger partial charge in [-0.05, 0) is 31.5 Å². The van der Waals surface area contributed by atoms with Gasteiger partial charge in [0.25, 0.3) is 5.91 Å². The number of carbonyl (C=O) groups excluding carboxylic acids is 1. The van der Waals surface area contributed by atoms with Gasteiger partial charge in [0.1, 0.15) is 0 Å². The van der Waals surface area contributed by atoms with E-state index in [9.17, 15) is 4.79 Å². The Morgan fingerprint density at radius 2 is 2.33 bits per heavy atom. The van der Waals surface area contributed by atoms with Crippen LogP contribution in [0.15, 0.2) is 24.3 Å². The predicted molar refractivity (Wildman–Crippen MR) is 58.4 cm³/mol. The van der Waals surface area contributed by atoms with Crippen LogP contribution in [0.4, 0.5) is 0 Å². The highest BCUT2D eigenvalue weighted by atomic mass is 16.1. The molecule has 3 nitrogen and oxygen atoms in total. The minimum absolute atomic E-state index is 0.124. The Morgan fingerprint density at radius 1 is 1.60 bits per heavy atom. The van der Waals surface area contributed by atoms with E-state index in [0.29, 0.717) is 11.1 Å². The Kier molecular flexibility index (Phi) is 3.87. The molecule has 0 aliphatic carbocycles. The molecule has 0 radical (unpaired) electrons. The fourth-order valence-electron chi connectivity index (χ4n) is 1.14. The molecule has 1 aromatic carbocycles. The van der Waals surface area contributed by atoms with Gasteiger partial charge in [0.05, 0.1) is 11.6 Å². The molecule has 0 saturated carbocycles. The first kappa shape index (κ1) is 11.3. The topological polar surface area (TPSA) is 52.9 Å². The van der Waals surface area contributed by atoms with Crippen molar-refractivity contribution < 1.29 is 4.79 Å². The molecular formula is C12H14N2O. The van der Waals surface area contributed by atoms with Gasteiger partial charge >= 0.3 is 0 Å². The van der Waals surface area contributed by atoms with Crippen LogP contribution in [0.25, 0.3) is 0 Å². The first-order valence-corrected chi connectivity index (χ1v) is 4.98. The monoisotopic (exact) mass is 202 g/mol. The van der Waals surface area contributed by atoms with Crippen molar-refractivity contribution >= 4 is 5.91 Å². The van der Waals surface area contributed by atoms with Crippen LogP contribution < -0.4 is 5.32 Å². The Labute approximate surface area is 89.7 Å². The van der Waals surface area contributed by atoms with Crippen molar-refractivity contribution in [3.8, 4) is 6.07 Å². The lowest BCUT2D eigenvalue weighted by atomic mass is 10.1. The van der Waals surface area contributed by atoms with E-state index in [2.05, 4.69) is 5.32 Å². The van der Waals surface area contributed by atoms with E-state index in [1.54, 1.807) is 24.3 Å². The zero-order chi connectivity index (χ0) is 11.3. The van der Waals surface area contributed by atoms with Gasteiger partial charge in [0.2, 0.25) is 0 Å². The van der Waals surface area contributed by atoms with E-state index >= 15 is 0 Å². The van der Waals surface area contributed by atoms with Crippen LogP contribution in [0.2, 0.25) is 0 Å². The lowest BCUT2D eigenvalue weighted by Gasteiger charge is -2.11. The molecule has 1 atom stereocenters. The smallest absolute Gasteiger partial charge is 0.251 e. The molecular weight excluding hydrogens is 188 g/mol. The number of nitrogens with one attached hydrogen (secondary N) is 1. The van der Waals surface area contributed by atoms with Gasteiger partial charge in [-0.1, -0.05) is 13.0 Å². The maximum Gasteiger partial charge on any atom is 0.251 e. The highest BCUT2D eigenvalue weighted by Crippen LogP contribution is 2.04. The summed E-state index contributed by atoms with van der Waals surface area (Å²) in [6.07, 6.45) is 0.893. The zero-order valence-electron chi connectivity index (χ0n) is 8.95. The number of hydrogen-bond donors (Lipinski definition) is 1. The molecule has 15 heavy (non-hydrogen) atoms. The summed E-state index contributed by atoms with van der Waals surface area (Å²) in [6, 6.07) is 8.86. The Morgan fingerprint density at radius 3 is 2.93 bits per heavy atom. The van der Waals surface area contributed by atoms with Crippen molar-refractivity contribution in [2.24, 2.45) is 0 Å². The highest BCUT2D eigenvalue weighted by molar-refractivity contribution is 5.94. The van der Waals surface area contributed by atoms with E-state index in [1.807, 2.05) is 19.9 Å². The largest absolute Gasteiger partial charge is 0.350 e. The van der Waals surface area contributed by atoms with Crippen molar-refractivity contribution in [3.63, 3.8) is 0 Å². The summed E-state index contributed by atoms with van der Waals surface area (Å²) in [6.45, 7) is 3.96. The standard InChI is InChI=1S/C12H14N2O/c1-3-9(2)14-12(15)11-6-4-5-10(7-11)8-13/h4-7,9H,3H2,1-2H3,(H,14,15)/t9-/m1/s1. The van der Waals surface area contributed by atoms with Gasteiger partial charge in [0, 0.05) is 11.6 Å². The summed E-state index contributed by atoms with van der Waals surface area (Å²) in [5.74, 6) is -0.124. The zero-order valence-corrected chi connectivity index (χ0v) is 8.95. The second-order valence-corrected chi connectivity index (χ2v) is 3.48. The average Bonchev–Trinajstić information content (AvgIpc) is 2.28. The maximum atomic E-state index is 11.7. The van der Waals surface area contributed by atoms with Gasteiger partial charge in [0.15, 0.2) is 0 Å². The van der Waals surface area contributed by atoms with E-state index < -0.39 is 0 Å². The van der Waals surface area contributed by atoms with Crippen molar-refractivity contribution in [1.82, 2.24) is 5.32 Å². The minimum atomic E-state index is -0.124. The average molecular weight is 202 g/mol. The molecule has 0 aromatic heterocycles. The van der Waals surface area contributed by atoms with Crippen molar-refractivity contribution in [2.75, 3.05) is 0 Å². The third kappa shape index (κ3) is 3.10. The molecule has 0 unspecified atom stereocenters. The summed E-state index contributed by atoms with van der Waals surface area (Å²) in [5, 5.41) is 11.5. The van der Waals surface area contributed by atoms with Crippen molar-refractivity contribution in [2.45, 2.75) is 26.3 Å². The maximum absolute atomic E-state index is 11.7. The lowest BCUT2D eigenvalue weighted by molar-refractivity contribution is 0.0939. The number of hydrogen-bond acceptors (Lipinski definition) is 2. The summed E-state index contributed by atoms with van der Waals surface area (Å²) in [4.78, 5) is 11.7. The van der Waals surface area contributed by atoms with Gasteiger partial charge in [-0.15, -0.1) is 0 Å². The number of nitriles is 1. The lowest BCUT2D eigenvalue weighted by Crippen LogP contribution is -2.31. The van der Waals surface area contributed by atoms with Crippen LogP contribution in [-0.4, -0.2) is 11.9 Å². The SMILES string of the molecule is CC[C@@H](C)NC(=O)c1cccc(C#N)c1. The third-order valence-corrected chi connectivity index (χ3v) is 2.24. The minimum Gasteiger partial charge on any atom is -0.350 e. The number of rotatable bonds is 3. The molecule has 3 heteroatoms. The van der Waals surface area contributed by atoms with Crippen molar-refractivity contribution in [3.05, 3.63) is 35.4 Å². The fourth-order valence-corrected chi connectivity index (χ4v) is 1.14. The van der Waals surface area contributed by atoms with Crippen LogP contribution >= 0.6 is 0 Å². The summed E-state index contributed by atoms with van der Waals surface area (Å²) in [7, 11) is 0. The van der Waals surface area contributed by atoms with Crippen LogP contribution in [0.1, 0.15) is 36.2 Å². The molecule has 1 amide bonds. The second-order valence-electron chi connectivity index (χ2n) is 3.48. The molecule has 0 aliphatic heterocycles. The Hall–Kier alpha value is -1.82. The molecule has 1 aromatic rings. The highest BCUT2D eigenvalue weighted by Gasteiger charge is 2.08. The molecule has 0 bridgehead atoms. The number of nitrogens with zero attached hydrogens (tertiary/aromatic N) is 1. The van der Waals surface area contributed by atoms with Crippen molar-refractivity contribution in [1.29, 1.82) is 5.26 Å². The van der Waals surface area contributed by atoms with Crippen LogP contribution in [0.3, 0.4) is 0 Å². The van der Waals surface area contributed by atoms with E-state index in [-0.39, 0.29) is 11.9 Å². The van der Waals surface area contributed by atoms with Crippen LogP contribution in [0.5, 0.6) is 0 Å². The summed E-state index contributed by atoms with van der Waals surface area (Å²) >= 11 is 0. The van der Waals surface area contributed by atoms with Gasteiger partial charge in [-0.3, -0.25) is 4.79 Å². The summed E-state index contributed by atoms with van der Waals surface area (Å²) < 4.78 is 0. The van der Waals surface area contributed by atoms with Gasteiger partial charge in [-0.25, -0.2) is 0 Å². The quantitative estimate of drug-likeness (QED) is 0.815. The molecule has 1 N–H and O–H groups in total. The molecule has 0 fully saturated rings. The first-order chi connectivity index (χ1) is 7.17. The predicted octanol–water partition coefficient (Wildman–Crippen LogP) is 2.09. The molecule has 0 saturated heterocycles. The third-order valence-electron chi connectivity index (χ3n) is 2.24. The van der Waals surface area contributed by atoms with Crippen LogP contribution in [-0.2, 0) is 0 Å². The van der Waals surface area contributed by atoms with Gasteiger partial charge < -0.3 is 5.32 Å². The van der Waals surface area contributed by atoms with E-state index in [0.717, 1.165) is 6.42 Å². The second kappa shape index (κ2) is 5.16. The molecule has 0 heterocycles. The Bertz CT molecular complexity index is 393. The van der Waals surface area contributed by atoms with E-state index in [4.69, 9.17) is 5.26 Å². The normalized spacial score (nSPS) is 11.5. The molecule has 1 rings (SSSR count). The number of carbonyl (C=O) groups is 1. The fraction of sp³-hybridized carbons (Fsp3) is 0.333. The van der Waals surface area contributed by atoms with Gasteiger partial charge in [-0.2, -0.15) is 5.26 Å². The van der Waals surface area contributed by atoms with Crippen LogP contribution in [0, 0.1) is 11.3 Å². The first-order valence-electron chi connectivity index (χ1n) is 4.98. The number of amides is 1. The molecule has 0 spiro atoms. The number of benzene rings is 1. The Balaban J connectivity index is 2.78.